The zero-order valence-corrected chi connectivity index (χ0v) is 26.5. The minimum Gasteiger partial charge on any atom is -0.394 e. The van der Waals surface area contributed by atoms with Crippen molar-refractivity contribution in [1.29, 1.82) is 0 Å². The van der Waals surface area contributed by atoms with Crippen LogP contribution in [0.25, 0.3) is 0 Å². The molecular formula is C35H42ClN3O5. The van der Waals surface area contributed by atoms with Crippen LogP contribution in [0.3, 0.4) is 0 Å². The van der Waals surface area contributed by atoms with Crippen molar-refractivity contribution in [1.82, 2.24) is 9.80 Å². The molecule has 3 amide bonds. The van der Waals surface area contributed by atoms with Gasteiger partial charge in [0.15, 0.2) is 0 Å². The molecule has 0 radical (unpaired) electrons. The molecule has 3 saturated heterocycles. The highest BCUT2D eigenvalue weighted by atomic mass is 35.5. The molecule has 0 aromatic heterocycles. The molecule has 2 aromatic rings. The van der Waals surface area contributed by atoms with Crippen LogP contribution in [0.5, 0.6) is 0 Å². The second kappa shape index (κ2) is 12.5. The lowest BCUT2D eigenvalue weighted by molar-refractivity contribution is -0.153. The summed E-state index contributed by atoms with van der Waals surface area (Å²) in [4.78, 5) is 49.0. The summed E-state index contributed by atoms with van der Waals surface area (Å²) in [7, 11) is 0. The number of likely N-dealkylation sites (tertiary alicyclic amines) is 1. The van der Waals surface area contributed by atoms with Crippen molar-refractivity contribution in [3.8, 4) is 0 Å². The van der Waals surface area contributed by atoms with Gasteiger partial charge in [-0.15, -0.1) is 13.2 Å². The predicted octanol–water partition coefficient (Wildman–Crippen LogP) is 5.03. The molecule has 0 saturated carbocycles. The first kappa shape index (κ1) is 31.9. The monoisotopic (exact) mass is 619 g/mol. The van der Waals surface area contributed by atoms with Gasteiger partial charge in [0.2, 0.25) is 11.8 Å². The Morgan fingerprint density at radius 2 is 1.77 bits per heavy atom. The highest BCUT2D eigenvalue weighted by Gasteiger charge is 2.80. The summed E-state index contributed by atoms with van der Waals surface area (Å²) in [5, 5.41) is 11.2. The zero-order chi connectivity index (χ0) is 31.8. The van der Waals surface area contributed by atoms with Gasteiger partial charge in [0.05, 0.1) is 40.8 Å². The van der Waals surface area contributed by atoms with Crippen molar-refractivity contribution >= 4 is 35.0 Å². The lowest BCUT2D eigenvalue weighted by atomic mass is 9.62. The molecule has 1 spiro atoms. The Bertz CT molecular complexity index is 1430. The molecule has 3 heterocycles. The van der Waals surface area contributed by atoms with E-state index in [0.717, 1.165) is 6.42 Å². The van der Waals surface area contributed by atoms with Gasteiger partial charge < -0.3 is 24.5 Å². The van der Waals surface area contributed by atoms with Crippen molar-refractivity contribution in [2.24, 2.45) is 17.8 Å². The molecule has 3 aliphatic heterocycles. The van der Waals surface area contributed by atoms with E-state index in [0.29, 0.717) is 35.8 Å². The maximum Gasteiger partial charge on any atom is 0.253 e. The molecule has 234 valence electrons. The van der Waals surface area contributed by atoms with E-state index in [-0.39, 0.29) is 24.3 Å². The molecule has 2 bridgehead atoms. The van der Waals surface area contributed by atoms with Crippen LogP contribution in [-0.2, 0) is 19.1 Å². The van der Waals surface area contributed by atoms with Gasteiger partial charge in [-0.25, -0.2) is 0 Å². The van der Waals surface area contributed by atoms with Gasteiger partial charge in [0.25, 0.3) is 5.91 Å². The Kier molecular flexibility index (Phi) is 9.08. The Hall–Kier alpha value is -3.46. The highest BCUT2D eigenvalue weighted by molar-refractivity contribution is 6.34. The fourth-order valence-electron chi connectivity index (χ4n) is 7.87. The van der Waals surface area contributed by atoms with Crippen LogP contribution >= 0.6 is 11.6 Å². The first-order chi connectivity index (χ1) is 21.1. The summed E-state index contributed by atoms with van der Waals surface area (Å²) in [6.07, 6.45) is 4.44. The average molecular weight is 620 g/mol. The number of carbonyl (C=O) groups is 3. The molecule has 3 unspecified atom stereocenters. The molecule has 9 heteroatoms. The Labute approximate surface area is 264 Å². The maximum atomic E-state index is 15.0. The number of hydrogen-bond donors (Lipinski definition) is 1. The van der Waals surface area contributed by atoms with Gasteiger partial charge in [-0.2, -0.15) is 0 Å². The van der Waals surface area contributed by atoms with E-state index in [2.05, 4.69) is 13.2 Å². The van der Waals surface area contributed by atoms with E-state index in [4.69, 9.17) is 16.3 Å². The Morgan fingerprint density at radius 3 is 2.39 bits per heavy atom. The van der Waals surface area contributed by atoms with E-state index < -0.39 is 47.6 Å². The normalized spacial score (nSPS) is 29.3. The number of aliphatic hydroxyl groups is 1. The lowest BCUT2D eigenvalue weighted by Gasteiger charge is -2.39. The van der Waals surface area contributed by atoms with E-state index in [1.807, 2.05) is 51.1 Å². The van der Waals surface area contributed by atoms with Crippen molar-refractivity contribution in [2.75, 3.05) is 31.1 Å². The number of benzene rings is 2. The third-order valence-corrected chi connectivity index (χ3v) is 10.1. The number of para-hydroxylation sites is 1. The number of halogens is 1. The summed E-state index contributed by atoms with van der Waals surface area (Å²) < 4.78 is 6.96. The summed E-state index contributed by atoms with van der Waals surface area (Å²) >= 11 is 6.61. The Balaban J connectivity index is 1.70. The first-order valence-electron chi connectivity index (χ1n) is 15.4. The minimum absolute atomic E-state index is 0.125. The van der Waals surface area contributed by atoms with Gasteiger partial charge in [-0.1, -0.05) is 80.1 Å². The van der Waals surface area contributed by atoms with E-state index in [9.17, 15) is 14.7 Å². The number of fused-ring (bicyclic) bond motifs is 1. The van der Waals surface area contributed by atoms with Crippen LogP contribution in [-0.4, -0.2) is 76.1 Å². The number of carbonyl (C=O) groups excluding carboxylic acids is 3. The van der Waals surface area contributed by atoms with E-state index >= 15 is 4.79 Å². The number of anilines is 1. The van der Waals surface area contributed by atoms with Crippen molar-refractivity contribution in [3.63, 3.8) is 0 Å². The third-order valence-electron chi connectivity index (χ3n) is 9.82. The van der Waals surface area contributed by atoms with Crippen LogP contribution in [0.4, 0.5) is 5.69 Å². The fraction of sp³-hybridized carbons (Fsp3) is 0.457. The smallest absolute Gasteiger partial charge is 0.253 e. The molecule has 44 heavy (non-hydrogen) atoms. The SMILES string of the molecule is C=CCN(CCC)C(=O)[C@H]1[C@H]2C(=O)N([C@H](CO)c3ccccc3)C(C(=O)N(CC=C)c3ccccc3Cl)C23CC(C)[C@]1(C)O3. The maximum absolute atomic E-state index is 15.0. The van der Waals surface area contributed by atoms with Crippen LogP contribution < -0.4 is 4.90 Å². The van der Waals surface area contributed by atoms with Crippen molar-refractivity contribution in [2.45, 2.75) is 56.9 Å². The first-order valence-corrected chi connectivity index (χ1v) is 15.7. The molecule has 8 nitrogen and oxygen atoms in total. The number of nitrogens with zero attached hydrogens (tertiary/aromatic N) is 3. The average Bonchev–Trinajstić information content (AvgIpc) is 3.53. The molecule has 3 aliphatic rings. The van der Waals surface area contributed by atoms with Gasteiger partial charge in [0, 0.05) is 19.6 Å². The quantitative estimate of drug-likeness (QED) is 0.337. The van der Waals surface area contributed by atoms with Crippen molar-refractivity contribution in [3.05, 3.63) is 90.5 Å². The topological polar surface area (TPSA) is 90.4 Å². The number of ether oxygens (including phenoxy) is 1. The van der Waals surface area contributed by atoms with Gasteiger partial charge in [0.1, 0.15) is 11.6 Å². The molecule has 2 aromatic carbocycles. The number of hydrogen-bond acceptors (Lipinski definition) is 5. The van der Waals surface area contributed by atoms with Crippen LogP contribution in [0.2, 0.25) is 5.02 Å². The number of amides is 3. The molecule has 7 atom stereocenters. The number of aliphatic hydroxyl groups excluding tert-OH is 1. The third kappa shape index (κ3) is 4.88. The van der Waals surface area contributed by atoms with Crippen molar-refractivity contribution < 1.29 is 24.2 Å². The minimum atomic E-state index is -1.29. The fourth-order valence-corrected chi connectivity index (χ4v) is 8.10. The summed E-state index contributed by atoms with van der Waals surface area (Å²) in [5.41, 5.74) is -1.10. The standard InChI is InChI=1S/C35H42ClN3O5/c1-6-18-37(19-7-2)31(41)28-29-32(42)39(27(22-40)24-14-10-9-11-15-24)30(35(29)21-23(4)34(28,5)44-35)33(43)38(20-8-3)26-17-13-12-16-25(26)36/h6,8-17,23,27-30,40H,1,3,7,18-22H2,2,4-5H3/t23?,27-,28-,29+,30?,34+,35?/m1/s1. The summed E-state index contributed by atoms with van der Waals surface area (Å²) in [6, 6.07) is 14.2. The van der Waals surface area contributed by atoms with E-state index in [1.54, 1.807) is 41.3 Å². The van der Waals surface area contributed by atoms with Gasteiger partial charge in [-0.05, 0) is 43.4 Å². The van der Waals surface area contributed by atoms with Gasteiger partial charge in [-0.3, -0.25) is 14.4 Å². The van der Waals surface area contributed by atoms with Crippen LogP contribution in [0.1, 0.15) is 45.2 Å². The largest absolute Gasteiger partial charge is 0.394 e. The van der Waals surface area contributed by atoms with Crippen LogP contribution in [0, 0.1) is 17.8 Å². The summed E-state index contributed by atoms with van der Waals surface area (Å²) in [5.74, 6) is -2.79. The molecule has 3 fully saturated rings. The van der Waals surface area contributed by atoms with E-state index in [1.165, 1.54) is 9.80 Å². The predicted molar refractivity (Wildman–Crippen MR) is 171 cm³/mol. The highest BCUT2D eigenvalue weighted by Crippen LogP contribution is 2.66. The molecule has 1 N–H and O–H groups in total. The number of rotatable bonds is 12. The Morgan fingerprint density at radius 1 is 1.11 bits per heavy atom. The second-order valence-corrected chi connectivity index (χ2v) is 12.7. The second-order valence-electron chi connectivity index (χ2n) is 12.3. The molecule has 0 aliphatic carbocycles. The molecular weight excluding hydrogens is 578 g/mol. The lowest BCUT2D eigenvalue weighted by Crippen LogP contribution is -2.57. The zero-order valence-electron chi connectivity index (χ0n) is 25.7. The molecule has 5 rings (SSSR count). The van der Waals surface area contributed by atoms with Crippen LogP contribution in [0.15, 0.2) is 79.9 Å². The van der Waals surface area contributed by atoms with Gasteiger partial charge >= 0.3 is 0 Å². The summed E-state index contributed by atoms with van der Waals surface area (Å²) in [6.45, 7) is 14.2.